The third kappa shape index (κ3) is 3.73. The molecular weight excluding hydrogens is 252 g/mol. The molecule has 0 aliphatic carbocycles. The minimum atomic E-state index is -1.17. The summed E-state index contributed by atoms with van der Waals surface area (Å²) in [7, 11) is 0. The fourth-order valence-corrected chi connectivity index (χ4v) is 1.47. The third-order valence-corrected chi connectivity index (χ3v) is 2.65. The van der Waals surface area contributed by atoms with Gasteiger partial charge < -0.3 is 15.5 Å². The molecule has 1 rings (SSSR count). The van der Waals surface area contributed by atoms with Gasteiger partial charge >= 0.3 is 0 Å². The number of hydrogen-bond acceptors (Lipinski definition) is 5. The van der Waals surface area contributed by atoms with Crippen LogP contribution >= 0.6 is 0 Å². The van der Waals surface area contributed by atoms with Crippen molar-refractivity contribution < 1.29 is 19.9 Å². The highest BCUT2D eigenvalue weighted by Gasteiger charge is 2.25. The highest BCUT2D eigenvalue weighted by molar-refractivity contribution is 5.95. The van der Waals surface area contributed by atoms with Crippen LogP contribution in [0.2, 0.25) is 0 Å². The number of non-ortho nitro benzene ring substituents is 1. The first kappa shape index (κ1) is 15.1. The fraction of sp³-hybridized carbons (Fsp3) is 0.417. The number of amides is 1. The van der Waals surface area contributed by atoms with Gasteiger partial charge in [-0.3, -0.25) is 14.9 Å². The van der Waals surface area contributed by atoms with E-state index in [2.05, 4.69) is 5.32 Å². The lowest BCUT2D eigenvalue weighted by atomic mass is 10.0. The number of nitro groups is 1. The quantitative estimate of drug-likeness (QED) is 0.527. The van der Waals surface area contributed by atoms with Gasteiger partial charge in [0.2, 0.25) is 0 Å². The molecule has 0 heterocycles. The summed E-state index contributed by atoms with van der Waals surface area (Å²) in [4.78, 5) is 22.1. The zero-order valence-electron chi connectivity index (χ0n) is 10.7. The van der Waals surface area contributed by atoms with Crippen LogP contribution in [0.4, 0.5) is 5.69 Å². The Labute approximate surface area is 110 Å². The number of nitrogens with one attached hydrogen (secondary N) is 1. The second kappa shape index (κ2) is 5.77. The summed E-state index contributed by atoms with van der Waals surface area (Å²) in [6.07, 6.45) is 0. The molecule has 0 aromatic heterocycles. The molecule has 0 fully saturated rings. The lowest BCUT2D eigenvalue weighted by Crippen LogP contribution is -2.51. The molecule has 104 valence electrons. The van der Waals surface area contributed by atoms with Gasteiger partial charge in [-0.05, 0) is 25.5 Å². The van der Waals surface area contributed by atoms with Crippen LogP contribution in [-0.4, -0.2) is 39.8 Å². The number of nitrogens with zero attached hydrogens (tertiary/aromatic N) is 1. The highest BCUT2D eigenvalue weighted by atomic mass is 16.6. The van der Waals surface area contributed by atoms with Gasteiger partial charge in [0.05, 0.1) is 23.7 Å². The lowest BCUT2D eigenvalue weighted by molar-refractivity contribution is -0.384. The van der Waals surface area contributed by atoms with Crippen molar-refractivity contribution in [2.75, 3.05) is 13.2 Å². The summed E-state index contributed by atoms with van der Waals surface area (Å²) >= 11 is 0. The van der Waals surface area contributed by atoms with Gasteiger partial charge in [0, 0.05) is 17.7 Å². The molecule has 0 bridgehead atoms. The molecule has 0 spiro atoms. The summed E-state index contributed by atoms with van der Waals surface area (Å²) in [5.41, 5.74) is -0.663. The molecule has 7 heteroatoms. The Morgan fingerprint density at radius 3 is 2.42 bits per heavy atom. The Bertz CT molecular complexity index is 497. The van der Waals surface area contributed by atoms with Crippen molar-refractivity contribution in [2.24, 2.45) is 0 Å². The zero-order valence-corrected chi connectivity index (χ0v) is 10.7. The van der Waals surface area contributed by atoms with Crippen molar-refractivity contribution in [3.63, 3.8) is 0 Å². The molecule has 0 saturated heterocycles. The molecule has 0 aliphatic rings. The predicted molar refractivity (Wildman–Crippen MR) is 67.9 cm³/mol. The summed E-state index contributed by atoms with van der Waals surface area (Å²) < 4.78 is 0. The van der Waals surface area contributed by atoms with Gasteiger partial charge in [0.1, 0.15) is 0 Å². The summed E-state index contributed by atoms with van der Waals surface area (Å²) in [5, 5.41) is 31.4. The predicted octanol–water partition coefficient (Wildman–Crippen LogP) is 0.376. The molecule has 19 heavy (non-hydrogen) atoms. The first-order valence-corrected chi connectivity index (χ1v) is 5.61. The maximum Gasteiger partial charge on any atom is 0.270 e. The second-order valence-corrected chi connectivity index (χ2v) is 4.65. The molecule has 7 nitrogen and oxygen atoms in total. The molecule has 3 N–H and O–H groups in total. The third-order valence-electron chi connectivity index (χ3n) is 2.65. The minimum absolute atomic E-state index is 0.111. The van der Waals surface area contributed by atoms with E-state index in [0.29, 0.717) is 5.56 Å². The van der Waals surface area contributed by atoms with E-state index < -0.39 is 29.6 Å². The van der Waals surface area contributed by atoms with Crippen LogP contribution in [0, 0.1) is 17.0 Å². The van der Waals surface area contributed by atoms with Gasteiger partial charge in [-0.1, -0.05) is 0 Å². The second-order valence-electron chi connectivity index (χ2n) is 4.65. The Balaban J connectivity index is 3.03. The van der Waals surface area contributed by atoms with E-state index >= 15 is 0 Å². The normalized spacial score (nSPS) is 11.2. The fourth-order valence-electron chi connectivity index (χ4n) is 1.47. The number of hydrogen-bond donors (Lipinski definition) is 3. The summed E-state index contributed by atoms with van der Waals surface area (Å²) in [6, 6.07) is 4.00. The Morgan fingerprint density at radius 1 is 1.37 bits per heavy atom. The molecule has 1 amide bonds. The number of carbonyl (C=O) groups is 1. The molecule has 0 saturated carbocycles. The van der Waals surface area contributed by atoms with E-state index in [1.165, 1.54) is 19.1 Å². The number of rotatable bonds is 5. The Kier molecular flexibility index (Phi) is 4.57. The van der Waals surface area contributed by atoms with Crippen molar-refractivity contribution in [3.8, 4) is 0 Å². The van der Waals surface area contributed by atoms with E-state index in [4.69, 9.17) is 10.2 Å². The highest BCUT2D eigenvalue weighted by Crippen LogP contribution is 2.17. The van der Waals surface area contributed by atoms with Gasteiger partial charge in [-0.25, -0.2) is 0 Å². The van der Waals surface area contributed by atoms with Crippen molar-refractivity contribution in [1.29, 1.82) is 0 Å². The lowest BCUT2D eigenvalue weighted by Gasteiger charge is -2.26. The maximum atomic E-state index is 11.9. The SMILES string of the molecule is Cc1cc(C(=O)NC(C)(CO)CO)cc([N+](=O)[O-])c1. The van der Waals surface area contributed by atoms with Crippen LogP contribution in [0.1, 0.15) is 22.8 Å². The molecule has 0 radical (unpaired) electrons. The topological polar surface area (TPSA) is 113 Å². The molecule has 1 aromatic rings. The van der Waals surface area contributed by atoms with Crippen molar-refractivity contribution in [3.05, 3.63) is 39.4 Å². The smallest absolute Gasteiger partial charge is 0.270 e. The Hall–Kier alpha value is -1.99. The van der Waals surface area contributed by atoms with E-state index in [1.54, 1.807) is 6.92 Å². The molecule has 0 unspecified atom stereocenters. The number of nitro benzene ring substituents is 1. The number of aliphatic hydroxyl groups is 2. The van der Waals surface area contributed by atoms with Crippen molar-refractivity contribution in [1.82, 2.24) is 5.32 Å². The monoisotopic (exact) mass is 268 g/mol. The van der Waals surface area contributed by atoms with Gasteiger partial charge in [0.15, 0.2) is 0 Å². The van der Waals surface area contributed by atoms with E-state index in [0.717, 1.165) is 6.07 Å². The van der Waals surface area contributed by atoms with Gasteiger partial charge in [0.25, 0.3) is 11.6 Å². The van der Waals surface area contributed by atoms with Crippen LogP contribution in [-0.2, 0) is 0 Å². The average molecular weight is 268 g/mol. The van der Waals surface area contributed by atoms with Crippen LogP contribution in [0.25, 0.3) is 0 Å². The molecular formula is C12H16N2O5. The van der Waals surface area contributed by atoms with Crippen molar-refractivity contribution >= 4 is 11.6 Å². The number of benzene rings is 1. The number of aliphatic hydroxyl groups excluding tert-OH is 2. The Morgan fingerprint density at radius 2 is 1.95 bits per heavy atom. The van der Waals surface area contributed by atoms with Crippen LogP contribution in [0.15, 0.2) is 18.2 Å². The van der Waals surface area contributed by atoms with Gasteiger partial charge in [-0.15, -0.1) is 0 Å². The maximum absolute atomic E-state index is 11.9. The van der Waals surface area contributed by atoms with E-state index in [9.17, 15) is 14.9 Å². The minimum Gasteiger partial charge on any atom is -0.394 e. The number of carbonyl (C=O) groups excluding carboxylic acids is 1. The van der Waals surface area contributed by atoms with Crippen LogP contribution in [0.3, 0.4) is 0 Å². The first-order valence-electron chi connectivity index (χ1n) is 5.61. The average Bonchev–Trinajstić information content (AvgIpc) is 2.37. The summed E-state index contributed by atoms with van der Waals surface area (Å²) in [6.45, 7) is 2.22. The standard InChI is InChI=1S/C12H16N2O5/c1-8-3-9(5-10(4-8)14(18)19)11(17)13-12(2,6-15)7-16/h3-5,15-16H,6-7H2,1-2H3,(H,13,17). The van der Waals surface area contributed by atoms with E-state index in [-0.39, 0.29) is 11.3 Å². The van der Waals surface area contributed by atoms with Crippen molar-refractivity contribution in [2.45, 2.75) is 19.4 Å². The first-order chi connectivity index (χ1) is 8.81. The van der Waals surface area contributed by atoms with Crippen LogP contribution < -0.4 is 5.32 Å². The van der Waals surface area contributed by atoms with Crippen LogP contribution in [0.5, 0.6) is 0 Å². The largest absolute Gasteiger partial charge is 0.394 e. The molecule has 0 atom stereocenters. The van der Waals surface area contributed by atoms with Gasteiger partial charge in [-0.2, -0.15) is 0 Å². The molecule has 0 aliphatic heterocycles. The summed E-state index contributed by atoms with van der Waals surface area (Å²) in [5.74, 6) is -0.586. The zero-order chi connectivity index (χ0) is 14.6. The van der Waals surface area contributed by atoms with E-state index in [1.807, 2.05) is 0 Å². The molecule has 1 aromatic carbocycles. The number of aryl methyl sites for hydroxylation is 1.